The zero-order valence-corrected chi connectivity index (χ0v) is 9.23. The molecule has 0 rings (SSSR count). The molecule has 0 aliphatic rings. The smallest absolute Gasteiger partial charge is 0.347 e. The largest absolute Gasteiger partial charge is 0.397 e. The highest BCUT2D eigenvalue weighted by Gasteiger charge is 2.10. The third kappa shape index (κ3) is 5.48. The normalized spacial score (nSPS) is 15.6. The SMILES string of the molecule is C=C[SiH](OC)OC(C)COCC. The van der Waals surface area contributed by atoms with Crippen molar-refractivity contribution in [2.45, 2.75) is 20.0 Å². The Balaban J connectivity index is 3.51. The highest BCUT2D eigenvalue weighted by Crippen LogP contribution is 1.97. The van der Waals surface area contributed by atoms with Crippen LogP contribution in [0.15, 0.2) is 12.3 Å². The Hall–Kier alpha value is -0.163. The molecule has 0 fully saturated rings. The van der Waals surface area contributed by atoms with Gasteiger partial charge in [0.05, 0.1) is 12.7 Å². The van der Waals surface area contributed by atoms with Gasteiger partial charge in [-0.15, -0.1) is 6.58 Å². The van der Waals surface area contributed by atoms with Gasteiger partial charge in [0.15, 0.2) is 0 Å². The summed E-state index contributed by atoms with van der Waals surface area (Å²) in [5.41, 5.74) is 1.75. The molecule has 0 N–H and O–H groups in total. The Kier molecular flexibility index (Phi) is 7.38. The molecule has 2 atom stereocenters. The molecule has 12 heavy (non-hydrogen) atoms. The van der Waals surface area contributed by atoms with Crippen molar-refractivity contribution in [1.82, 2.24) is 0 Å². The van der Waals surface area contributed by atoms with Crippen LogP contribution in [-0.2, 0) is 13.6 Å². The molecule has 2 unspecified atom stereocenters. The molecule has 0 heterocycles. The number of ether oxygens (including phenoxy) is 1. The van der Waals surface area contributed by atoms with E-state index in [2.05, 4.69) is 6.58 Å². The Labute approximate surface area is 76.2 Å². The van der Waals surface area contributed by atoms with E-state index >= 15 is 0 Å². The van der Waals surface area contributed by atoms with Crippen LogP contribution in [0.4, 0.5) is 0 Å². The molecule has 0 saturated heterocycles. The molecule has 0 spiro atoms. The zero-order valence-electron chi connectivity index (χ0n) is 8.08. The fraction of sp³-hybridized carbons (Fsp3) is 0.750. The maximum atomic E-state index is 5.52. The molecule has 72 valence electrons. The van der Waals surface area contributed by atoms with Gasteiger partial charge in [0.2, 0.25) is 0 Å². The molecule has 3 nitrogen and oxygen atoms in total. The van der Waals surface area contributed by atoms with Crippen molar-refractivity contribution in [2.75, 3.05) is 20.3 Å². The van der Waals surface area contributed by atoms with Crippen LogP contribution in [0.3, 0.4) is 0 Å². The lowest BCUT2D eigenvalue weighted by Crippen LogP contribution is -2.27. The maximum absolute atomic E-state index is 5.52. The van der Waals surface area contributed by atoms with Crippen LogP contribution in [-0.4, -0.2) is 35.7 Å². The van der Waals surface area contributed by atoms with E-state index in [0.29, 0.717) is 6.61 Å². The van der Waals surface area contributed by atoms with Crippen molar-refractivity contribution in [2.24, 2.45) is 0 Å². The van der Waals surface area contributed by atoms with Crippen LogP contribution in [0.25, 0.3) is 0 Å². The number of hydrogen-bond donors (Lipinski definition) is 0. The molecule has 4 heteroatoms. The van der Waals surface area contributed by atoms with Gasteiger partial charge in [0, 0.05) is 13.7 Å². The number of rotatable bonds is 7. The summed E-state index contributed by atoms with van der Waals surface area (Å²) in [6.07, 6.45) is 0.0968. The second-order valence-electron chi connectivity index (χ2n) is 2.45. The van der Waals surface area contributed by atoms with Crippen LogP contribution < -0.4 is 0 Å². The fourth-order valence-electron chi connectivity index (χ4n) is 0.759. The van der Waals surface area contributed by atoms with Crippen molar-refractivity contribution in [1.29, 1.82) is 0 Å². The Morgan fingerprint density at radius 1 is 1.58 bits per heavy atom. The first-order valence-corrected chi connectivity index (χ1v) is 5.74. The van der Waals surface area contributed by atoms with Crippen LogP contribution in [0.1, 0.15) is 13.8 Å². The first-order chi connectivity index (χ1) is 5.74. The molecule has 0 radical (unpaired) electrons. The highest BCUT2D eigenvalue weighted by molar-refractivity contribution is 6.50. The van der Waals surface area contributed by atoms with Crippen molar-refractivity contribution in [3.05, 3.63) is 12.3 Å². The van der Waals surface area contributed by atoms with E-state index in [0.717, 1.165) is 6.61 Å². The van der Waals surface area contributed by atoms with Gasteiger partial charge in [-0.3, -0.25) is 0 Å². The summed E-state index contributed by atoms with van der Waals surface area (Å²) in [6.45, 7) is 8.92. The minimum atomic E-state index is -1.61. The molecule has 0 aromatic heterocycles. The summed E-state index contributed by atoms with van der Waals surface area (Å²) in [7, 11) is 0.0361. The molecular formula is C8H18O3Si. The van der Waals surface area contributed by atoms with Gasteiger partial charge in [0.25, 0.3) is 0 Å². The van der Waals surface area contributed by atoms with Gasteiger partial charge < -0.3 is 13.6 Å². The third-order valence-corrected chi connectivity index (χ3v) is 2.93. The summed E-state index contributed by atoms with van der Waals surface area (Å²) in [6, 6.07) is 0. The lowest BCUT2D eigenvalue weighted by Gasteiger charge is -2.16. The monoisotopic (exact) mass is 190 g/mol. The first-order valence-electron chi connectivity index (χ1n) is 4.13. The average molecular weight is 190 g/mol. The van der Waals surface area contributed by atoms with Crippen molar-refractivity contribution >= 4 is 9.28 Å². The molecular weight excluding hydrogens is 172 g/mol. The second kappa shape index (κ2) is 7.48. The number of hydrogen-bond acceptors (Lipinski definition) is 3. The highest BCUT2D eigenvalue weighted by atomic mass is 28.3. The summed E-state index contributed by atoms with van der Waals surface area (Å²) in [4.78, 5) is 0. The van der Waals surface area contributed by atoms with Crippen molar-refractivity contribution in [3.8, 4) is 0 Å². The van der Waals surface area contributed by atoms with Gasteiger partial charge in [-0.25, -0.2) is 0 Å². The van der Waals surface area contributed by atoms with Gasteiger partial charge in [-0.05, 0) is 13.8 Å². The summed E-state index contributed by atoms with van der Waals surface area (Å²) in [5.74, 6) is 0. The van der Waals surface area contributed by atoms with Crippen LogP contribution in [0, 0.1) is 0 Å². The minimum absolute atomic E-state index is 0.0968. The standard InChI is InChI=1S/C8H18O3Si/c1-5-10-7-8(3)11-12(6-2)9-4/h6,8,12H,2,5,7H2,1,3-4H3. The topological polar surface area (TPSA) is 27.7 Å². The van der Waals surface area contributed by atoms with E-state index in [9.17, 15) is 0 Å². The maximum Gasteiger partial charge on any atom is 0.347 e. The molecule has 0 bridgehead atoms. The third-order valence-electron chi connectivity index (χ3n) is 1.35. The summed E-state index contributed by atoms with van der Waals surface area (Å²) >= 11 is 0. The molecule has 0 aliphatic carbocycles. The lowest BCUT2D eigenvalue weighted by atomic mass is 10.4. The fourth-order valence-corrected chi connectivity index (χ4v) is 1.71. The lowest BCUT2D eigenvalue weighted by molar-refractivity contribution is 0.0537. The van der Waals surface area contributed by atoms with Crippen molar-refractivity contribution in [3.63, 3.8) is 0 Å². The predicted octanol–water partition coefficient (Wildman–Crippen LogP) is 1.02. The molecule has 0 saturated carbocycles. The molecule has 0 amide bonds. The van der Waals surface area contributed by atoms with Gasteiger partial charge >= 0.3 is 9.28 Å². The van der Waals surface area contributed by atoms with Crippen LogP contribution >= 0.6 is 0 Å². The van der Waals surface area contributed by atoms with E-state index in [4.69, 9.17) is 13.6 Å². The molecule has 0 aliphatic heterocycles. The zero-order chi connectivity index (χ0) is 9.40. The quantitative estimate of drug-likeness (QED) is 0.561. The van der Waals surface area contributed by atoms with Crippen LogP contribution in [0.5, 0.6) is 0 Å². The summed E-state index contributed by atoms with van der Waals surface area (Å²) < 4.78 is 15.8. The second-order valence-corrected chi connectivity index (χ2v) is 4.40. The minimum Gasteiger partial charge on any atom is -0.397 e. The van der Waals surface area contributed by atoms with Crippen LogP contribution in [0.2, 0.25) is 0 Å². The van der Waals surface area contributed by atoms with E-state index < -0.39 is 9.28 Å². The Morgan fingerprint density at radius 2 is 2.25 bits per heavy atom. The summed E-state index contributed by atoms with van der Waals surface area (Å²) in [5, 5.41) is 0. The van der Waals surface area contributed by atoms with E-state index in [1.165, 1.54) is 0 Å². The molecule has 0 aromatic carbocycles. The average Bonchev–Trinajstić information content (AvgIpc) is 2.10. The van der Waals surface area contributed by atoms with Gasteiger partial charge in [-0.1, -0.05) is 5.70 Å². The van der Waals surface area contributed by atoms with E-state index in [-0.39, 0.29) is 6.10 Å². The first kappa shape index (κ1) is 11.8. The molecule has 0 aromatic rings. The van der Waals surface area contributed by atoms with E-state index in [1.807, 2.05) is 13.8 Å². The van der Waals surface area contributed by atoms with E-state index in [1.54, 1.807) is 12.8 Å². The Morgan fingerprint density at radius 3 is 2.67 bits per heavy atom. The Bertz CT molecular complexity index is 119. The van der Waals surface area contributed by atoms with Crippen molar-refractivity contribution < 1.29 is 13.6 Å². The van der Waals surface area contributed by atoms with Gasteiger partial charge in [0.1, 0.15) is 0 Å². The predicted molar refractivity (Wildman–Crippen MR) is 51.4 cm³/mol. The van der Waals surface area contributed by atoms with Gasteiger partial charge in [-0.2, -0.15) is 0 Å².